The van der Waals surface area contributed by atoms with Crippen molar-refractivity contribution in [3.63, 3.8) is 0 Å². The number of hydrogen-bond donors (Lipinski definition) is 0. The highest BCUT2D eigenvalue weighted by Gasteiger charge is 2.26. The molecule has 122 valence electrons. The van der Waals surface area contributed by atoms with Gasteiger partial charge in [0.05, 0.1) is 5.52 Å². The van der Waals surface area contributed by atoms with E-state index in [2.05, 4.69) is 60.0 Å². The lowest BCUT2D eigenvalue weighted by Crippen LogP contribution is -2.27. The summed E-state index contributed by atoms with van der Waals surface area (Å²) in [4.78, 5) is 3.90. The first kappa shape index (κ1) is 14.5. The van der Waals surface area contributed by atoms with Crippen molar-refractivity contribution >= 4 is 33.9 Å². The molecule has 0 spiro atoms. The summed E-state index contributed by atoms with van der Waals surface area (Å²) in [7, 11) is 2.24. The number of aromatic nitrogens is 1. The molecule has 0 unspecified atom stereocenters. The van der Waals surface area contributed by atoms with Crippen molar-refractivity contribution in [1.29, 1.82) is 0 Å². The zero-order chi connectivity index (χ0) is 16.4. The number of benzene rings is 1. The van der Waals surface area contributed by atoms with Gasteiger partial charge in [0, 0.05) is 42.0 Å². The van der Waals surface area contributed by atoms with Crippen LogP contribution in [0, 0.1) is 13.8 Å². The lowest BCUT2D eigenvalue weighted by molar-refractivity contribution is 0.310. The van der Waals surface area contributed by atoms with Crippen LogP contribution >= 0.6 is 11.3 Å². The highest BCUT2D eigenvalue weighted by Crippen LogP contribution is 2.40. The van der Waals surface area contributed by atoms with Crippen LogP contribution in [0.1, 0.15) is 32.8 Å². The second-order valence-electron chi connectivity index (χ2n) is 7.35. The maximum Gasteiger partial charge on any atom is 0.0562 e. The molecule has 3 heteroatoms. The molecule has 0 radical (unpaired) electrons. The van der Waals surface area contributed by atoms with Crippen molar-refractivity contribution in [3.05, 3.63) is 56.4 Å². The number of fused-ring (bicyclic) bond motifs is 3. The van der Waals surface area contributed by atoms with Crippen LogP contribution < -0.4 is 0 Å². The number of hydrogen-bond acceptors (Lipinski definition) is 2. The van der Waals surface area contributed by atoms with Gasteiger partial charge >= 0.3 is 0 Å². The van der Waals surface area contributed by atoms with Gasteiger partial charge in [-0.15, -0.1) is 11.3 Å². The Morgan fingerprint density at radius 1 is 1.12 bits per heavy atom. The molecule has 0 N–H and O–H groups in total. The third-order valence-corrected chi connectivity index (χ3v) is 6.62. The Hall–Kier alpha value is -1.84. The second-order valence-corrected chi connectivity index (χ2v) is 8.27. The van der Waals surface area contributed by atoms with Crippen LogP contribution in [-0.2, 0) is 19.5 Å². The van der Waals surface area contributed by atoms with Gasteiger partial charge in [0.15, 0.2) is 0 Å². The van der Waals surface area contributed by atoms with Gasteiger partial charge in [0.25, 0.3) is 0 Å². The quantitative estimate of drug-likeness (QED) is 0.617. The molecule has 5 rings (SSSR count). The summed E-state index contributed by atoms with van der Waals surface area (Å²) < 4.78 is 2.61. The second kappa shape index (κ2) is 5.08. The summed E-state index contributed by atoms with van der Waals surface area (Å²) in [6, 6.07) is 6.99. The largest absolute Gasteiger partial charge is 0.339 e. The first-order valence-electron chi connectivity index (χ1n) is 8.70. The zero-order valence-electron chi connectivity index (χ0n) is 14.5. The first-order chi connectivity index (χ1) is 11.6. The van der Waals surface area contributed by atoms with Crippen LogP contribution in [0.5, 0.6) is 0 Å². The van der Waals surface area contributed by atoms with E-state index in [0.717, 1.165) is 26.1 Å². The molecule has 3 aromatic rings. The minimum atomic E-state index is 1.02. The van der Waals surface area contributed by atoms with E-state index < -0.39 is 0 Å². The van der Waals surface area contributed by atoms with Gasteiger partial charge in [-0.25, -0.2) is 0 Å². The Balaban J connectivity index is 1.79. The van der Waals surface area contributed by atoms with Gasteiger partial charge < -0.3 is 9.47 Å². The van der Waals surface area contributed by atoms with E-state index in [-0.39, 0.29) is 0 Å². The standard InChI is InChI=1S/C21H22N2S/c1-13-8-15-10-16(21-14(2)5-7-24-21)11-23-19-4-6-22(3)12-18(19)17(9-13)20(15)23/h5,7-10H,4,6,11-12H2,1-3H3. The van der Waals surface area contributed by atoms with Crippen molar-refractivity contribution in [2.24, 2.45) is 0 Å². The van der Waals surface area contributed by atoms with Gasteiger partial charge in [-0.05, 0) is 78.4 Å². The van der Waals surface area contributed by atoms with Crippen LogP contribution in [0.15, 0.2) is 23.6 Å². The van der Waals surface area contributed by atoms with Crippen molar-refractivity contribution in [2.75, 3.05) is 13.6 Å². The van der Waals surface area contributed by atoms with Gasteiger partial charge in [0.1, 0.15) is 0 Å². The van der Waals surface area contributed by atoms with Gasteiger partial charge in [-0.3, -0.25) is 0 Å². The molecule has 2 aliphatic heterocycles. The van der Waals surface area contributed by atoms with Crippen molar-refractivity contribution in [3.8, 4) is 0 Å². The Kier molecular flexibility index (Phi) is 3.07. The van der Waals surface area contributed by atoms with E-state index in [1.807, 2.05) is 11.3 Å². The third kappa shape index (κ3) is 1.98. The summed E-state index contributed by atoms with van der Waals surface area (Å²) in [6.45, 7) is 7.72. The van der Waals surface area contributed by atoms with Crippen LogP contribution in [0.25, 0.3) is 22.6 Å². The summed E-state index contributed by atoms with van der Waals surface area (Å²) in [5.41, 5.74) is 10.2. The molecule has 0 aliphatic carbocycles. The van der Waals surface area contributed by atoms with E-state index in [1.165, 1.54) is 38.0 Å². The van der Waals surface area contributed by atoms with Gasteiger partial charge in [-0.2, -0.15) is 0 Å². The van der Waals surface area contributed by atoms with Crippen LogP contribution in [-0.4, -0.2) is 23.1 Å². The van der Waals surface area contributed by atoms with E-state index in [9.17, 15) is 0 Å². The number of allylic oxidation sites excluding steroid dienone is 1. The van der Waals surface area contributed by atoms with Crippen LogP contribution in [0.3, 0.4) is 0 Å². The fraction of sp³-hybridized carbons (Fsp3) is 0.333. The SMILES string of the molecule is Cc1cc2c3c(c1)c1c(n3CC(c3sccc3C)=C2)CCN(C)C1. The Morgan fingerprint density at radius 3 is 2.79 bits per heavy atom. The summed E-state index contributed by atoms with van der Waals surface area (Å²) in [6.07, 6.45) is 3.60. The predicted octanol–water partition coefficient (Wildman–Crippen LogP) is 4.86. The normalized spacial score (nSPS) is 17.2. The minimum absolute atomic E-state index is 1.02. The predicted molar refractivity (Wildman–Crippen MR) is 104 cm³/mol. The highest BCUT2D eigenvalue weighted by atomic mass is 32.1. The fourth-order valence-electron chi connectivity index (χ4n) is 4.43. The smallest absolute Gasteiger partial charge is 0.0562 e. The summed E-state index contributed by atoms with van der Waals surface area (Å²) >= 11 is 1.87. The van der Waals surface area contributed by atoms with Gasteiger partial charge in [0.2, 0.25) is 0 Å². The molecule has 2 aliphatic rings. The minimum Gasteiger partial charge on any atom is -0.339 e. The molecule has 0 saturated carbocycles. The molecule has 0 atom stereocenters. The van der Waals surface area contributed by atoms with Gasteiger partial charge in [-0.1, -0.05) is 0 Å². The molecule has 24 heavy (non-hydrogen) atoms. The Bertz CT molecular complexity index is 1000. The molecule has 2 nitrogen and oxygen atoms in total. The molecule has 1 aromatic carbocycles. The third-order valence-electron chi connectivity index (χ3n) is 5.52. The zero-order valence-corrected chi connectivity index (χ0v) is 15.3. The average Bonchev–Trinajstić information content (AvgIpc) is 3.10. The maximum absolute atomic E-state index is 2.61. The molecule has 0 saturated heterocycles. The number of rotatable bonds is 1. The highest BCUT2D eigenvalue weighted by molar-refractivity contribution is 7.11. The van der Waals surface area contributed by atoms with Crippen molar-refractivity contribution in [1.82, 2.24) is 9.47 Å². The van der Waals surface area contributed by atoms with E-state index >= 15 is 0 Å². The molecular formula is C21H22N2S. The first-order valence-corrected chi connectivity index (χ1v) is 9.58. The number of thiophene rings is 1. The molecule has 0 fully saturated rings. The monoisotopic (exact) mass is 334 g/mol. The van der Waals surface area contributed by atoms with E-state index in [0.29, 0.717) is 0 Å². The lowest BCUT2D eigenvalue weighted by atomic mass is 9.98. The maximum atomic E-state index is 2.61. The molecule has 4 heterocycles. The van der Waals surface area contributed by atoms with E-state index in [1.54, 1.807) is 11.3 Å². The summed E-state index contributed by atoms with van der Waals surface area (Å²) in [5, 5.41) is 3.69. The van der Waals surface area contributed by atoms with Crippen molar-refractivity contribution < 1.29 is 0 Å². The molecule has 0 bridgehead atoms. The topological polar surface area (TPSA) is 8.17 Å². The Labute approximate surface area is 147 Å². The molecule has 0 amide bonds. The molecule has 2 aromatic heterocycles. The summed E-state index contributed by atoms with van der Waals surface area (Å²) in [5.74, 6) is 0. The lowest BCUT2D eigenvalue weighted by Gasteiger charge is -2.25. The Morgan fingerprint density at radius 2 is 2.00 bits per heavy atom. The van der Waals surface area contributed by atoms with Crippen LogP contribution in [0.2, 0.25) is 0 Å². The van der Waals surface area contributed by atoms with E-state index in [4.69, 9.17) is 0 Å². The average molecular weight is 334 g/mol. The van der Waals surface area contributed by atoms with Crippen LogP contribution in [0.4, 0.5) is 0 Å². The number of aryl methyl sites for hydroxylation is 2. The van der Waals surface area contributed by atoms with Crippen molar-refractivity contribution in [2.45, 2.75) is 33.4 Å². The fourth-order valence-corrected chi connectivity index (χ4v) is 5.36. The number of likely N-dealkylation sites (N-methyl/N-ethyl adjacent to an activating group) is 1. The number of nitrogens with zero attached hydrogens (tertiary/aromatic N) is 2. The molecular weight excluding hydrogens is 312 g/mol.